The number of amides is 1. The largest absolute Gasteiger partial charge is 0.478 e. The molecule has 1 aliphatic heterocycles. The lowest BCUT2D eigenvalue weighted by molar-refractivity contribution is 0.0697. The van der Waals surface area contributed by atoms with Gasteiger partial charge in [0, 0.05) is 24.7 Å². The van der Waals surface area contributed by atoms with Crippen molar-refractivity contribution in [3.8, 4) is 0 Å². The number of rotatable bonds is 5. The molecule has 142 valence electrons. The van der Waals surface area contributed by atoms with E-state index in [1.807, 2.05) is 29.6 Å². The van der Waals surface area contributed by atoms with Crippen molar-refractivity contribution < 1.29 is 14.7 Å². The summed E-state index contributed by atoms with van der Waals surface area (Å²) in [5, 5.41) is 14.3. The molecule has 0 aliphatic carbocycles. The average molecular weight is 392 g/mol. The van der Waals surface area contributed by atoms with Crippen molar-refractivity contribution in [2.75, 3.05) is 23.3 Å². The van der Waals surface area contributed by atoms with Crippen molar-refractivity contribution in [2.45, 2.75) is 12.3 Å². The van der Waals surface area contributed by atoms with Gasteiger partial charge in [-0.1, -0.05) is 36.4 Å². The van der Waals surface area contributed by atoms with E-state index in [1.165, 1.54) is 16.9 Å². The van der Waals surface area contributed by atoms with Crippen LogP contribution in [0.3, 0.4) is 0 Å². The monoisotopic (exact) mass is 392 g/mol. The molecule has 28 heavy (non-hydrogen) atoms. The van der Waals surface area contributed by atoms with Crippen LogP contribution in [0.25, 0.3) is 0 Å². The first-order valence-electron chi connectivity index (χ1n) is 9.14. The Morgan fingerprint density at radius 1 is 1.07 bits per heavy atom. The number of carbonyl (C=O) groups excluding carboxylic acids is 1. The third-order valence-electron chi connectivity index (χ3n) is 5.03. The van der Waals surface area contributed by atoms with E-state index < -0.39 is 5.97 Å². The van der Waals surface area contributed by atoms with Crippen LogP contribution >= 0.6 is 11.3 Å². The molecule has 0 bridgehead atoms. The minimum absolute atomic E-state index is 0.206. The Balaban J connectivity index is 1.54. The van der Waals surface area contributed by atoms with E-state index in [2.05, 4.69) is 22.3 Å². The van der Waals surface area contributed by atoms with Crippen molar-refractivity contribution in [1.29, 1.82) is 0 Å². The summed E-state index contributed by atoms with van der Waals surface area (Å²) >= 11 is 1.35. The van der Waals surface area contributed by atoms with Crippen molar-refractivity contribution >= 4 is 34.6 Å². The number of hydrogen-bond donors (Lipinski definition) is 2. The second kappa shape index (κ2) is 7.86. The number of nitrogens with one attached hydrogen (secondary N) is 1. The van der Waals surface area contributed by atoms with Crippen LogP contribution in [-0.4, -0.2) is 30.1 Å². The van der Waals surface area contributed by atoms with E-state index in [4.69, 9.17) is 0 Å². The molecule has 1 unspecified atom stereocenters. The fraction of sp³-hybridized carbons (Fsp3) is 0.182. The van der Waals surface area contributed by atoms with Gasteiger partial charge in [-0.05, 0) is 41.6 Å². The van der Waals surface area contributed by atoms with E-state index in [1.54, 1.807) is 24.3 Å². The molecule has 1 saturated heterocycles. The van der Waals surface area contributed by atoms with Crippen LogP contribution in [0.4, 0.5) is 11.4 Å². The van der Waals surface area contributed by atoms with Gasteiger partial charge in [-0.25, -0.2) is 4.79 Å². The highest BCUT2D eigenvalue weighted by molar-refractivity contribution is 7.12. The highest BCUT2D eigenvalue weighted by Gasteiger charge is 2.27. The van der Waals surface area contributed by atoms with Gasteiger partial charge < -0.3 is 15.3 Å². The summed E-state index contributed by atoms with van der Waals surface area (Å²) in [7, 11) is 0. The average Bonchev–Trinajstić information content (AvgIpc) is 3.41. The number of nitrogens with zero attached hydrogens (tertiary/aromatic N) is 1. The molecular weight excluding hydrogens is 372 g/mol. The van der Waals surface area contributed by atoms with Crippen LogP contribution in [0.15, 0.2) is 66.0 Å². The van der Waals surface area contributed by atoms with Gasteiger partial charge >= 0.3 is 5.97 Å². The number of carboxylic acid groups (broad SMARTS) is 1. The molecule has 2 N–H and O–H groups in total. The molecule has 5 nitrogen and oxygen atoms in total. The number of hydrogen-bond acceptors (Lipinski definition) is 4. The number of aromatic carboxylic acids is 1. The molecule has 1 aromatic heterocycles. The lowest BCUT2D eigenvalue weighted by Crippen LogP contribution is -2.22. The minimum atomic E-state index is -0.995. The summed E-state index contributed by atoms with van der Waals surface area (Å²) in [6.45, 7) is 1.59. The van der Waals surface area contributed by atoms with E-state index in [9.17, 15) is 14.7 Å². The van der Waals surface area contributed by atoms with Crippen molar-refractivity contribution in [3.63, 3.8) is 0 Å². The molecule has 2 aromatic carbocycles. The standard InChI is InChI=1S/C22H20N2O3S/c25-21(20-7-4-12-28-20)23-17-8-9-19(18(13-17)22(26)27)24-11-10-16(14-24)15-5-2-1-3-6-15/h1-9,12-13,16H,10-11,14H2,(H,23,25)(H,26,27). The SMILES string of the molecule is O=C(Nc1ccc(N2CCC(c3ccccc3)C2)c(C(=O)O)c1)c1cccs1. The Morgan fingerprint density at radius 3 is 2.61 bits per heavy atom. The second-order valence-electron chi connectivity index (χ2n) is 6.81. The van der Waals surface area contributed by atoms with Gasteiger partial charge in [0.1, 0.15) is 0 Å². The van der Waals surface area contributed by atoms with Crippen LogP contribution in [-0.2, 0) is 0 Å². The summed E-state index contributed by atoms with van der Waals surface area (Å²) in [6.07, 6.45) is 0.986. The Hall–Kier alpha value is -3.12. The number of benzene rings is 2. The summed E-state index contributed by atoms with van der Waals surface area (Å²) in [5.74, 6) is -0.837. The van der Waals surface area contributed by atoms with Crippen molar-refractivity contribution in [2.24, 2.45) is 0 Å². The van der Waals surface area contributed by atoms with E-state index in [0.29, 0.717) is 22.2 Å². The fourth-order valence-electron chi connectivity index (χ4n) is 3.64. The summed E-state index contributed by atoms with van der Waals surface area (Å²) in [6, 6.07) is 19.0. The second-order valence-corrected chi connectivity index (χ2v) is 7.76. The van der Waals surface area contributed by atoms with Gasteiger partial charge in [-0.15, -0.1) is 11.3 Å². The molecule has 0 spiro atoms. The molecule has 1 aliphatic rings. The topological polar surface area (TPSA) is 69.6 Å². The molecule has 1 amide bonds. The van der Waals surface area contributed by atoms with Crippen LogP contribution in [0.1, 0.15) is 37.9 Å². The predicted molar refractivity (Wildman–Crippen MR) is 112 cm³/mol. The van der Waals surface area contributed by atoms with Gasteiger partial charge in [0.15, 0.2) is 0 Å². The highest BCUT2D eigenvalue weighted by atomic mass is 32.1. The lowest BCUT2D eigenvalue weighted by atomic mass is 9.99. The molecule has 1 fully saturated rings. The first kappa shape index (κ1) is 18.3. The summed E-state index contributed by atoms with van der Waals surface area (Å²) in [4.78, 5) is 26.8. The van der Waals surface area contributed by atoms with Crippen molar-refractivity contribution in [3.05, 3.63) is 82.0 Å². The van der Waals surface area contributed by atoms with Crippen LogP contribution in [0, 0.1) is 0 Å². The van der Waals surface area contributed by atoms with Crippen LogP contribution in [0.5, 0.6) is 0 Å². The maximum absolute atomic E-state index is 12.2. The van der Waals surface area contributed by atoms with Gasteiger partial charge in [0.2, 0.25) is 0 Å². The third kappa shape index (κ3) is 3.77. The molecular formula is C22H20N2O3S. The fourth-order valence-corrected chi connectivity index (χ4v) is 4.26. The van der Waals surface area contributed by atoms with Gasteiger partial charge in [0.05, 0.1) is 16.1 Å². The predicted octanol–water partition coefficient (Wildman–Crippen LogP) is 4.69. The molecule has 3 aromatic rings. The van der Waals surface area contributed by atoms with Crippen molar-refractivity contribution in [1.82, 2.24) is 0 Å². The highest BCUT2D eigenvalue weighted by Crippen LogP contribution is 2.33. The quantitative estimate of drug-likeness (QED) is 0.661. The number of carboxylic acids is 1. The smallest absolute Gasteiger partial charge is 0.337 e. The molecule has 6 heteroatoms. The maximum Gasteiger partial charge on any atom is 0.337 e. The maximum atomic E-state index is 12.2. The zero-order valence-electron chi connectivity index (χ0n) is 15.2. The van der Waals surface area contributed by atoms with Gasteiger partial charge in [-0.2, -0.15) is 0 Å². The number of carbonyl (C=O) groups is 2. The minimum Gasteiger partial charge on any atom is -0.478 e. The first-order valence-corrected chi connectivity index (χ1v) is 10.0. The Morgan fingerprint density at radius 2 is 1.89 bits per heavy atom. The van der Waals surface area contributed by atoms with E-state index >= 15 is 0 Å². The number of thiophene rings is 1. The van der Waals surface area contributed by atoms with E-state index in [0.717, 1.165) is 19.5 Å². The summed E-state index contributed by atoms with van der Waals surface area (Å²) in [5.41, 5.74) is 2.66. The van der Waals surface area contributed by atoms with Gasteiger partial charge in [0.25, 0.3) is 5.91 Å². The first-order chi connectivity index (χ1) is 13.6. The normalized spacial score (nSPS) is 16.1. The van der Waals surface area contributed by atoms with Gasteiger partial charge in [-0.3, -0.25) is 4.79 Å². The Kier molecular flexibility index (Phi) is 5.12. The molecule has 2 heterocycles. The third-order valence-corrected chi connectivity index (χ3v) is 5.90. The molecule has 0 saturated carbocycles. The molecule has 4 rings (SSSR count). The molecule has 1 atom stereocenters. The zero-order valence-corrected chi connectivity index (χ0v) is 16.0. The zero-order chi connectivity index (χ0) is 19.5. The summed E-state index contributed by atoms with van der Waals surface area (Å²) < 4.78 is 0. The number of anilines is 2. The Labute approximate surface area is 167 Å². The van der Waals surface area contributed by atoms with E-state index in [-0.39, 0.29) is 11.5 Å². The molecule has 0 radical (unpaired) electrons. The Bertz CT molecular complexity index is 986. The lowest BCUT2D eigenvalue weighted by Gasteiger charge is -2.21. The van der Waals surface area contributed by atoms with Crippen LogP contribution in [0.2, 0.25) is 0 Å². The van der Waals surface area contributed by atoms with Crippen LogP contribution < -0.4 is 10.2 Å².